The van der Waals surface area contributed by atoms with Crippen molar-refractivity contribution in [2.45, 2.75) is 32.3 Å². The van der Waals surface area contributed by atoms with Gasteiger partial charge in [0, 0.05) is 5.56 Å². The van der Waals surface area contributed by atoms with Crippen molar-refractivity contribution < 1.29 is 9.84 Å². The van der Waals surface area contributed by atoms with E-state index in [1.54, 1.807) is 0 Å². The topological polar surface area (TPSA) is 29.5 Å². The molecule has 1 N–H and O–H groups in total. The van der Waals surface area contributed by atoms with Gasteiger partial charge in [0.2, 0.25) is 0 Å². The first-order chi connectivity index (χ1) is 10.3. The highest BCUT2D eigenvalue weighted by Gasteiger charge is 2.27. The van der Waals surface area contributed by atoms with E-state index in [9.17, 15) is 5.11 Å². The molecule has 0 radical (unpaired) electrons. The van der Waals surface area contributed by atoms with Crippen LogP contribution in [-0.4, -0.2) is 11.7 Å². The molecule has 3 rings (SSSR count). The van der Waals surface area contributed by atoms with Gasteiger partial charge in [0.1, 0.15) is 5.75 Å². The van der Waals surface area contributed by atoms with Gasteiger partial charge in [-0.2, -0.15) is 0 Å². The molecule has 0 aliphatic heterocycles. The van der Waals surface area contributed by atoms with E-state index >= 15 is 0 Å². The summed E-state index contributed by atoms with van der Waals surface area (Å²) < 4.78 is 5.66. The number of aliphatic hydroxyl groups excluding tert-OH is 1. The van der Waals surface area contributed by atoms with Gasteiger partial charge in [-0.05, 0) is 49.3 Å². The third-order valence-electron chi connectivity index (χ3n) is 4.37. The maximum Gasteiger partial charge on any atom is 0.125 e. The number of benzene rings is 2. The van der Waals surface area contributed by atoms with E-state index in [0.29, 0.717) is 6.61 Å². The van der Waals surface area contributed by atoms with Crippen LogP contribution >= 0.6 is 0 Å². The Morgan fingerprint density at radius 1 is 1.10 bits per heavy atom. The summed E-state index contributed by atoms with van der Waals surface area (Å²) in [7, 11) is 0. The lowest BCUT2D eigenvalue weighted by molar-refractivity contribution is 0.0961. The zero-order valence-corrected chi connectivity index (χ0v) is 12.5. The largest absolute Gasteiger partial charge is 0.493 e. The van der Waals surface area contributed by atoms with Crippen molar-refractivity contribution in [2.24, 2.45) is 5.92 Å². The highest BCUT2D eigenvalue weighted by Crippen LogP contribution is 2.37. The summed E-state index contributed by atoms with van der Waals surface area (Å²) in [5.41, 5.74) is 3.73. The van der Waals surface area contributed by atoms with Crippen molar-refractivity contribution in [3.8, 4) is 5.75 Å². The van der Waals surface area contributed by atoms with Gasteiger partial charge in [-0.3, -0.25) is 0 Å². The lowest BCUT2D eigenvalue weighted by Gasteiger charge is -2.29. The minimum absolute atomic E-state index is 0.265. The Morgan fingerprint density at radius 3 is 2.62 bits per heavy atom. The molecule has 110 valence electrons. The van der Waals surface area contributed by atoms with E-state index in [0.717, 1.165) is 30.6 Å². The van der Waals surface area contributed by atoms with E-state index in [4.69, 9.17) is 4.74 Å². The fourth-order valence-corrected chi connectivity index (χ4v) is 3.26. The van der Waals surface area contributed by atoms with Gasteiger partial charge in [0.15, 0.2) is 0 Å². The Balaban J connectivity index is 1.82. The minimum Gasteiger partial charge on any atom is -0.493 e. The van der Waals surface area contributed by atoms with Gasteiger partial charge in [-0.25, -0.2) is 0 Å². The van der Waals surface area contributed by atoms with Crippen LogP contribution in [0.4, 0.5) is 0 Å². The summed E-state index contributed by atoms with van der Waals surface area (Å²) in [6.07, 6.45) is 2.56. The number of hydrogen-bond acceptors (Lipinski definition) is 2. The first-order valence-electron chi connectivity index (χ1n) is 7.76. The summed E-state index contributed by atoms with van der Waals surface area (Å²) >= 11 is 0. The van der Waals surface area contributed by atoms with Crippen molar-refractivity contribution in [1.29, 1.82) is 0 Å². The quantitative estimate of drug-likeness (QED) is 0.921. The number of aryl methyl sites for hydroxylation is 1. The fourth-order valence-electron chi connectivity index (χ4n) is 3.26. The number of aliphatic hydroxyl groups is 1. The summed E-state index contributed by atoms with van der Waals surface area (Å²) in [6, 6.07) is 16.4. The Hall–Kier alpha value is -1.80. The van der Waals surface area contributed by atoms with E-state index < -0.39 is 6.10 Å². The van der Waals surface area contributed by atoms with Crippen molar-refractivity contribution >= 4 is 0 Å². The van der Waals surface area contributed by atoms with Gasteiger partial charge in [0.25, 0.3) is 0 Å². The molecule has 2 aromatic rings. The Labute approximate surface area is 126 Å². The molecule has 2 aromatic carbocycles. The van der Waals surface area contributed by atoms with Crippen LogP contribution in [0.2, 0.25) is 0 Å². The minimum atomic E-state index is -0.457. The molecule has 0 amide bonds. The molecule has 0 saturated carbocycles. The van der Waals surface area contributed by atoms with E-state index in [1.807, 2.05) is 31.2 Å². The van der Waals surface area contributed by atoms with Crippen LogP contribution < -0.4 is 4.74 Å². The second kappa shape index (κ2) is 6.31. The van der Waals surface area contributed by atoms with E-state index in [-0.39, 0.29) is 5.92 Å². The van der Waals surface area contributed by atoms with Crippen LogP contribution in [0.15, 0.2) is 48.5 Å². The summed E-state index contributed by atoms with van der Waals surface area (Å²) in [6.45, 7) is 2.59. The highest BCUT2D eigenvalue weighted by molar-refractivity contribution is 5.37. The molecule has 0 bridgehead atoms. The zero-order chi connectivity index (χ0) is 14.7. The second-order valence-electron chi connectivity index (χ2n) is 5.69. The third kappa shape index (κ3) is 2.96. The SMILES string of the molecule is CCOc1ccccc1C(O)C1CCc2ccccc2C1. The maximum absolute atomic E-state index is 10.8. The molecular weight excluding hydrogens is 260 g/mol. The molecule has 0 aromatic heterocycles. The lowest BCUT2D eigenvalue weighted by Crippen LogP contribution is -2.21. The fraction of sp³-hybridized carbons (Fsp3) is 0.368. The number of fused-ring (bicyclic) bond motifs is 1. The van der Waals surface area contributed by atoms with Crippen LogP contribution in [0.1, 0.15) is 36.1 Å². The van der Waals surface area contributed by atoms with Gasteiger partial charge in [0.05, 0.1) is 12.7 Å². The number of rotatable bonds is 4. The molecule has 0 fully saturated rings. The first kappa shape index (κ1) is 14.2. The molecule has 2 nitrogen and oxygen atoms in total. The average molecular weight is 282 g/mol. The predicted molar refractivity (Wildman–Crippen MR) is 84.5 cm³/mol. The van der Waals surface area contributed by atoms with Crippen LogP contribution in [0.5, 0.6) is 5.75 Å². The Bertz CT molecular complexity index is 606. The van der Waals surface area contributed by atoms with Crippen molar-refractivity contribution in [2.75, 3.05) is 6.61 Å². The van der Waals surface area contributed by atoms with Crippen LogP contribution in [0, 0.1) is 5.92 Å². The van der Waals surface area contributed by atoms with Gasteiger partial charge < -0.3 is 9.84 Å². The van der Waals surface area contributed by atoms with E-state index in [2.05, 4.69) is 24.3 Å². The van der Waals surface area contributed by atoms with Crippen LogP contribution in [0.3, 0.4) is 0 Å². The number of ether oxygens (including phenoxy) is 1. The summed E-state index contributed by atoms with van der Waals surface area (Å²) in [4.78, 5) is 0. The second-order valence-corrected chi connectivity index (χ2v) is 5.69. The molecule has 2 heteroatoms. The van der Waals surface area contributed by atoms with Crippen LogP contribution in [-0.2, 0) is 12.8 Å². The molecule has 21 heavy (non-hydrogen) atoms. The monoisotopic (exact) mass is 282 g/mol. The summed E-state index contributed by atoms with van der Waals surface area (Å²) in [5, 5.41) is 10.8. The summed E-state index contributed by atoms with van der Waals surface area (Å²) in [5.74, 6) is 1.08. The number of para-hydroxylation sites is 1. The predicted octanol–water partition coefficient (Wildman–Crippen LogP) is 3.92. The molecule has 0 saturated heterocycles. The number of hydrogen-bond donors (Lipinski definition) is 1. The van der Waals surface area contributed by atoms with Gasteiger partial charge >= 0.3 is 0 Å². The highest BCUT2D eigenvalue weighted by atomic mass is 16.5. The van der Waals surface area contributed by atoms with E-state index in [1.165, 1.54) is 11.1 Å². The van der Waals surface area contributed by atoms with Gasteiger partial charge in [-0.1, -0.05) is 42.5 Å². The Morgan fingerprint density at radius 2 is 1.81 bits per heavy atom. The third-order valence-corrected chi connectivity index (χ3v) is 4.37. The molecule has 1 aliphatic rings. The first-order valence-corrected chi connectivity index (χ1v) is 7.76. The molecule has 0 spiro atoms. The Kier molecular flexibility index (Phi) is 4.26. The van der Waals surface area contributed by atoms with Gasteiger partial charge in [-0.15, -0.1) is 0 Å². The molecule has 2 unspecified atom stereocenters. The van der Waals surface area contributed by atoms with Crippen molar-refractivity contribution in [3.63, 3.8) is 0 Å². The maximum atomic E-state index is 10.8. The standard InChI is InChI=1S/C19H22O2/c1-2-21-18-10-6-5-9-17(18)19(20)16-12-11-14-7-3-4-8-15(14)13-16/h3-10,16,19-20H,2,11-13H2,1H3. The normalized spacial score (nSPS) is 18.9. The van der Waals surface area contributed by atoms with Crippen molar-refractivity contribution in [3.05, 3.63) is 65.2 Å². The molecule has 2 atom stereocenters. The molecular formula is C19H22O2. The molecule has 1 aliphatic carbocycles. The zero-order valence-electron chi connectivity index (χ0n) is 12.5. The lowest BCUT2D eigenvalue weighted by atomic mass is 9.79. The average Bonchev–Trinajstić information content (AvgIpc) is 2.54. The molecule has 0 heterocycles. The van der Waals surface area contributed by atoms with Crippen LogP contribution in [0.25, 0.3) is 0 Å². The smallest absolute Gasteiger partial charge is 0.125 e. The van der Waals surface area contributed by atoms with Crippen molar-refractivity contribution in [1.82, 2.24) is 0 Å².